The Bertz CT molecular complexity index is 1310. The summed E-state index contributed by atoms with van der Waals surface area (Å²) in [5, 5.41) is 68.2. The van der Waals surface area contributed by atoms with Crippen LogP contribution in [0.2, 0.25) is 0 Å². The van der Waals surface area contributed by atoms with Gasteiger partial charge in [-0.1, -0.05) is 32.4 Å². The Morgan fingerprint density at radius 3 is 1.69 bits per heavy atom. The van der Waals surface area contributed by atoms with Crippen molar-refractivity contribution >= 4 is 41.5 Å². The zero-order valence-corrected chi connectivity index (χ0v) is 27.3. The van der Waals surface area contributed by atoms with Crippen LogP contribution < -0.4 is 32.3 Å². The number of aliphatic hydroxyl groups is 3. The van der Waals surface area contributed by atoms with E-state index in [1.807, 2.05) is 0 Å². The molecule has 1 aromatic rings. The standard InChI is InChI=1S/C30H46N6O13/c1-4-14(2)24(29(47)35-21(13-38)30(48)49)36-25(43)18(9-10-22(41)42)32-26(44)19(11-16-5-7-17(40)8-6-16)33-27(45)20(12-37)34-28(46)23(31)15(3)39/h5-8,14-15,18-21,23-24,37-40H,4,9-13,31H2,1-3H3,(H,32,44)(H,33,45)(H,34,46)(H,35,47)(H,36,43)(H,41,42)(H,48,49)/t14-,15+,18-,19-,20-,21-,23-,24-/m0/s1. The van der Waals surface area contributed by atoms with E-state index < -0.39 is 116 Å². The number of nitrogens with two attached hydrogens (primary N) is 1. The molecule has 0 aliphatic heterocycles. The summed E-state index contributed by atoms with van der Waals surface area (Å²) in [4.78, 5) is 88.2. The molecule has 0 radical (unpaired) electrons. The van der Waals surface area contributed by atoms with Gasteiger partial charge in [-0.3, -0.25) is 28.8 Å². The number of hydrogen-bond donors (Lipinski definition) is 12. The minimum Gasteiger partial charge on any atom is -0.508 e. The first-order valence-corrected chi connectivity index (χ1v) is 15.3. The second kappa shape index (κ2) is 20.5. The number of aliphatic hydroxyl groups excluding tert-OH is 3. The van der Waals surface area contributed by atoms with Gasteiger partial charge in [0.1, 0.15) is 42.0 Å². The van der Waals surface area contributed by atoms with Crippen LogP contribution in [0.5, 0.6) is 5.75 Å². The molecule has 19 nitrogen and oxygen atoms in total. The average molecular weight is 699 g/mol. The van der Waals surface area contributed by atoms with Gasteiger partial charge in [-0.05, 0) is 37.0 Å². The van der Waals surface area contributed by atoms with Gasteiger partial charge in [-0.2, -0.15) is 0 Å². The number of nitrogens with one attached hydrogen (secondary N) is 5. The lowest BCUT2D eigenvalue weighted by Gasteiger charge is -2.28. The maximum absolute atomic E-state index is 13.6. The molecule has 0 aliphatic rings. The number of carboxylic acid groups (broad SMARTS) is 2. The van der Waals surface area contributed by atoms with Crippen LogP contribution in [-0.4, -0.2) is 128 Å². The zero-order valence-electron chi connectivity index (χ0n) is 27.3. The lowest BCUT2D eigenvalue weighted by Crippen LogP contribution is -2.61. The fraction of sp³-hybridized carbons (Fsp3) is 0.567. The van der Waals surface area contributed by atoms with Crippen LogP contribution in [0.1, 0.15) is 45.6 Å². The highest BCUT2D eigenvalue weighted by molar-refractivity contribution is 5.96. The number of amides is 5. The molecule has 13 N–H and O–H groups in total. The molecule has 0 heterocycles. The molecule has 0 spiro atoms. The third-order valence-corrected chi connectivity index (χ3v) is 7.52. The zero-order chi connectivity index (χ0) is 37.4. The summed E-state index contributed by atoms with van der Waals surface area (Å²) in [6.07, 6.45) is -2.36. The first-order chi connectivity index (χ1) is 22.9. The summed E-state index contributed by atoms with van der Waals surface area (Å²) >= 11 is 0. The number of benzene rings is 1. The molecule has 0 saturated heterocycles. The molecule has 0 saturated carbocycles. The van der Waals surface area contributed by atoms with Gasteiger partial charge in [0.25, 0.3) is 0 Å². The smallest absolute Gasteiger partial charge is 0.328 e. The Morgan fingerprint density at radius 1 is 0.714 bits per heavy atom. The van der Waals surface area contributed by atoms with E-state index in [0.717, 1.165) is 0 Å². The third kappa shape index (κ3) is 14.0. The van der Waals surface area contributed by atoms with Gasteiger partial charge in [0, 0.05) is 12.8 Å². The molecule has 274 valence electrons. The SMILES string of the molecule is CC[C@H](C)[C@H](NC(=O)[C@H](CCC(=O)O)NC(=O)[C@H](Cc1ccc(O)cc1)NC(=O)[C@H](CO)NC(=O)[C@@H](N)[C@@H](C)O)C(=O)N[C@@H](CO)C(=O)O. The summed E-state index contributed by atoms with van der Waals surface area (Å²) in [5.41, 5.74) is 5.98. The Hall–Kier alpha value is -4.85. The first kappa shape index (κ1) is 42.2. The van der Waals surface area contributed by atoms with Crippen molar-refractivity contribution in [3.8, 4) is 5.75 Å². The van der Waals surface area contributed by atoms with E-state index in [2.05, 4.69) is 26.6 Å². The maximum Gasteiger partial charge on any atom is 0.328 e. The van der Waals surface area contributed by atoms with Crippen molar-refractivity contribution in [1.29, 1.82) is 0 Å². The van der Waals surface area contributed by atoms with Crippen molar-refractivity contribution in [2.45, 2.75) is 88.8 Å². The molecule has 0 aromatic heterocycles. The predicted octanol–water partition coefficient (Wildman–Crippen LogP) is -3.95. The van der Waals surface area contributed by atoms with Crippen molar-refractivity contribution in [3.63, 3.8) is 0 Å². The van der Waals surface area contributed by atoms with Crippen LogP contribution in [0.15, 0.2) is 24.3 Å². The van der Waals surface area contributed by atoms with Crippen LogP contribution >= 0.6 is 0 Å². The number of hydrogen-bond acceptors (Lipinski definition) is 12. The van der Waals surface area contributed by atoms with Gasteiger partial charge < -0.3 is 63.0 Å². The fourth-order valence-corrected chi connectivity index (χ4v) is 4.24. The van der Waals surface area contributed by atoms with Crippen LogP contribution in [-0.2, 0) is 40.0 Å². The van der Waals surface area contributed by atoms with E-state index in [0.29, 0.717) is 12.0 Å². The van der Waals surface area contributed by atoms with Crippen LogP contribution in [0.4, 0.5) is 0 Å². The number of rotatable bonds is 21. The van der Waals surface area contributed by atoms with Gasteiger partial charge in [-0.15, -0.1) is 0 Å². The van der Waals surface area contributed by atoms with Crippen molar-refractivity contribution in [3.05, 3.63) is 29.8 Å². The number of phenolic OH excluding ortho intramolecular Hbond substituents is 1. The highest BCUT2D eigenvalue weighted by Gasteiger charge is 2.34. The van der Waals surface area contributed by atoms with Crippen molar-refractivity contribution < 1.29 is 64.2 Å². The van der Waals surface area contributed by atoms with E-state index >= 15 is 0 Å². The van der Waals surface area contributed by atoms with E-state index in [-0.39, 0.29) is 12.2 Å². The second-order valence-electron chi connectivity index (χ2n) is 11.4. The lowest BCUT2D eigenvalue weighted by atomic mass is 9.97. The molecule has 0 unspecified atom stereocenters. The van der Waals surface area contributed by atoms with E-state index in [9.17, 15) is 64.2 Å². The molecule has 0 bridgehead atoms. The average Bonchev–Trinajstić information content (AvgIpc) is 3.05. The van der Waals surface area contributed by atoms with Crippen molar-refractivity contribution in [1.82, 2.24) is 26.6 Å². The Morgan fingerprint density at radius 2 is 1.20 bits per heavy atom. The Kier molecular flexibility index (Phi) is 17.6. The molecule has 1 rings (SSSR count). The van der Waals surface area contributed by atoms with Crippen LogP contribution in [0.3, 0.4) is 0 Å². The monoisotopic (exact) mass is 698 g/mol. The second-order valence-corrected chi connectivity index (χ2v) is 11.4. The molecule has 5 amide bonds. The normalized spacial score (nSPS) is 15.9. The highest BCUT2D eigenvalue weighted by Crippen LogP contribution is 2.13. The highest BCUT2D eigenvalue weighted by atomic mass is 16.4. The number of phenols is 1. The predicted molar refractivity (Wildman–Crippen MR) is 169 cm³/mol. The minimum atomic E-state index is -1.68. The molecule has 8 atom stereocenters. The lowest BCUT2D eigenvalue weighted by molar-refractivity contribution is -0.143. The Labute approximate surface area is 281 Å². The largest absolute Gasteiger partial charge is 0.508 e. The first-order valence-electron chi connectivity index (χ1n) is 15.3. The molecular formula is C30H46N6O13. The molecule has 1 aromatic carbocycles. The van der Waals surface area contributed by atoms with Gasteiger partial charge >= 0.3 is 11.9 Å². The van der Waals surface area contributed by atoms with Gasteiger partial charge in [-0.25, -0.2) is 4.79 Å². The van der Waals surface area contributed by atoms with E-state index in [4.69, 9.17) is 5.73 Å². The molecular weight excluding hydrogens is 652 g/mol. The van der Waals surface area contributed by atoms with Gasteiger partial charge in [0.2, 0.25) is 29.5 Å². The summed E-state index contributed by atoms with van der Waals surface area (Å²) in [6.45, 7) is 2.59. The van der Waals surface area contributed by atoms with Crippen LogP contribution in [0.25, 0.3) is 0 Å². The topological polar surface area (TPSA) is 327 Å². The number of carboxylic acids is 2. The molecule has 0 aliphatic carbocycles. The quantitative estimate of drug-likeness (QED) is 0.0583. The molecule has 49 heavy (non-hydrogen) atoms. The summed E-state index contributed by atoms with van der Waals surface area (Å²) in [5.74, 6) is -8.62. The summed E-state index contributed by atoms with van der Waals surface area (Å²) in [6, 6.07) is -3.82. The van der Waals surface area contributed by atoms with Crippen molar-refractivity contribution in [2.75, 3.05) is 13.2 Å². The van der Waals surface area contributed by atoms with Gasteiger partial charge in [0.15, 0.2) is 0 Å². The van der Waals surface area contributed by atoms with Crippen LogP contribution in [0, 0.1) is 5.92 Å². The number of carbonyl (C=O) groups is 7. The van der Waals surface area contributed by atoms with E-state index in [1.54, 1.807) is 13.8 Å². The number of carbonyl (C=O) groups excluding carboxylic acids is 5. The fourth-order valence-electron chi connectivity index (χ4n) is 4.24. The minimum absolute atomic E-state index is 0.106. The third-order valence-electron chi connectivity index (χ3n) is 7.52. The number of aromatic hydroxyl groups is 1. The van der Waals surface area contributed by atoms with Gasteiger partial charge in [0.05, 0.1) is 19.3 Å². The summed E-state index contributed by atoms with van der Waals surface area (Å²) in [7, 11) is 0. The van der Waals surface area contributed by atoms with Crippen molar-refractivity contribution in [2.24, 2.45) is 11.7 Å². The van der Waals surface area contributed by atoms with E-state index in [1.165, 1.54) is 31.2 Å². The molecule has 0 fully saturated rings. The molecule has 19 heteroatoms. The maximum atomic E-state index is 13.6. The number of aliphatic carboxylic acids is 2. The Balaban J connectivity index is 3.37. The summed E-state index contributed by atoms with van der Waals surface area (Å²) < 4.78 is 0.